The maximum atomic E-state index is 6.13. The van der Waals surface area contributed by atoms with Gasteiger partial charge in [0.2, 0.25) is 0 Å². The monoisotopic (exact) mass is 339 g/mol. The molecular formula is C12H9Cl4NS. The average Bonchev–Trinajstić information content (AvgIpc) is 2.63. The molecule has 2 N–H and O–H groups in total. The van der Waals surface area contributed by atoms with Crippen molar-refractivity contribution in [1.29, 1.82) is 0 Å². The molecule has 1 aromatic heterocycles. The molecule has 2 aromatic rings. The van der Waals surface area contributed by atoms with Crippen molar-refractivity contribution in [2.45, 2.75) is 12.5 Å². The van der Waals surface area contributed by atoms with Crippen LogP contribution in [0.5, 0.6) is 0 Å². The molecule has 1 atom stereocenters. The van der Waals surface area contributed by atoms with Gasteiger partial charge in [-0.1, -0.05) is 52.5 Å². The summed E-state index contributed by atoms with van der Waals surface area (Å²) in [4.78, 5) is 0. The van der Waals surface area contributed by atoms with E-state index in [2.05, 4.69) is 0 Å². The molecule has 0 fully saturated rings. The Morgan fingerprint density at radius 3 is 2.22 bits per heavy atom. The maximum absolute atomic E-state index is 6.13. The van der Waals surface area contributed by atoms with Crippen LogP contribution < -0.4 is 5.73 Å². The third-order valence-corrected chi connectivity index (χ3v) is 4.79. The molecule has 0 aliphatic carbocycles. The summed E-state index contributed by atoms with van der Waals surface area (Å²) in [6.45, 7) is 0. The van der Waals surface area contributed by atoms with Gasteiger partial charge >= 0.3 is 0 Å². The van der Waals surface area contributed by atoms with Gasteiger partial charge in [0, 0.05) is 21.7 Å². The van der Waals surface area contributed by atoms with Crippen LogP contribution in [0.15, 0.2) is 24.3 Å². The summed E-state index contributed by atoms with van der Waals surface area (Å²) in [7, 11) is 0. The van der Waals surface area contributed by atoms with Crippen LogP contribution in [0.25, 0.3) is 0 Å². The molecule has 1 unspecified atom stereocenters. The van der Waals surface area contributed by atoms with Crippen LogP contribution >= 0.6 is 57.7 Å². The smallest absolute Gasteiger partial charge is 0.0992 e. The van der Waals surface area contributed by atoms with Crippen LogP contribution in [0.1, 0.15) is 17.2 Å². The minimum absolute atomic E-state index is 0.279. The number of nitrogens with two attached hydrogens (primary N) is 1. The van der Waals surface area contributed by atoms with Gasteiger partial charge in [0.1, 0.15) is 0 Å². The van der Waals surface area contributed by atoms with Crippen molar-refractivity contribution in [3.63, 3.8) is 0 Å². The number of hydrogen-bond acceptors (Lipinski definition) is 2. The fourth-order valence-corrected chi connectivity index (χ4v) is 3.81. The van der Waals surface area contributed by atoms with E-state index in [1.54, 1.807) is 24.3 Å². The molecule has 2 rings (SSSR count). The zero-order valence-corrected chi connectivity index (χ0v) is 12.9. The Labute approximate surface area is 129 Å². The summed E-state index contributed by atoms with van der Waals surface area (Å²) < 4.78 is 1.23. The first-order valence-electron chi connectivity index (χ1n) is 5.12. The maximum Gasteiger partial charge on any atom is 0.0992 e. The summed E-state index contributed by atoms with van der Waals surface area (Å²) in [6, 6.07) is 6.88. The first-order chi connectivity index (χ1) is 8.49. The van der Waals surface area contributed by atoms with E-state index in [0.29, 0.717) is 25.1 Å². The third kappa shape index (κ3) is 3.13. The third-order valence-electron chi connectivity index (χ3n) is 2.57. The lowest BCUT2D eigenvalue weighted by Gasteiger charge is -2.13. The van der Waals surface area contributed by atoms with Crippen LogP contribution in [0, 0.1) is 0 Å². The van der Waals surface area contributed by atoms with Gasteiger partial charge in [-0.2, -0.15) is 0 Å². The highest BCUT2D eigenvalue weighted by Crippen LogP contribution is 2.36. The lowest BCUT2D eigenvalue weighted by atomic mass is 10.0. The van der Waals surface area contributed by atoms with Crippen LogP contribution in [-0.2, 0) is 6.42 Å². The Hall–Kier alpha value is 0.0400. The lowest BCUT2D eigenvalue weighted by molar-refractivity contribution is 0.725. The summed E-state index contributed by atoms with van der Waals surface area (Å²) in [5.41, 5.74) is 7.77. The Morgan fingerprint density at radius 2 is 1.72 bits per heavy atom. The highest BCUT2D eigenvalue weighted by molar-refractivity contribution is 7.20. The molecule has 6 heteroatoms. The van der Waals surface area contributed by atoms with Crippen molar-refractivity contribution < 1.29 is 0 Å². The van der Waals surface area contributed by atoms with E-state index < -0.39 is 0 Å². The molecule has 0 spiro atoms. The Bertz CT molecular complexity index is 547. The number of benzene rings is 1. The molecule has 0 saturated heterocycles. The predicted octanol–water partition coefficient (Wildman–Crippen LogP) is 5.60. The van der Waals surface area contributed by atoms with Gasteiger partial charge in [0.05, 0.1) is 8.67 Å². The van der Waals surface area contributed by atoms with E-state index in [1.165, 1.54) is 11.3 Å². The molecule has 1 heterocycles. The molecule has 96 valence electrons. The van der Waals surface area contributed by atoms with E-state index in [0.717, 1.165) is 11.1 Å². The van der Waals surface area contributed by atoms with Gasteiger partial charge in [-0.3, -0.25) is 0 Å². The molecule has 1 nitrogen and oxygen atoms in total. The largest absolute Gasteiger partial charge is 0.324 e. The fourth-order valence-electron chi connectivity index (χ4n) is 1.66. The van der Waals surface area contributed by atoms with Gasteiger partial charge in [-0.05, 0) is 30.2 Å². The highest BCUT2D eigenvalue weighted by atomic mass is 35.5. The molecule has 0 amide bonds. The standard InChI is InChI=1S/C12H9Cl4NS/c13-8-2-1-3-9(14)6(8)4-10(17)7-5-11(15)18-12(7)16/h1-3,5,10H,4,17H2. The Morgan fingerprint density at radius 1 is 1.11 bits per heavy atom. The van der Waals surface area contributed by atoms with E-state index >= 15 is 0 Å². The number of hydrogen-bond donors (Lipinski definition) is 1. The molecule has 0 aliphatic heterocycles. The van der Waals surface area contributed by atoms with Crippen molar-refractivity contribution in [3.8, 4) is 0 Å². The minimum Gasteiger partial charge on any atom is -0.324 e. The SMILES string of the molecule is NC(Cc1c(Cl)cccc1Cl)c1cc(Cl)sc1Cl. The van der Waals surface area contributed by atoms with Gasteiger partial charge < -0.3 is 5.73 Å². The molecule has 18 heavy (non-hydrogen) atoms. The van der Waals surface area contributed by atoms with Gasteiger partial charge in [-0.25, -0.2) is 0 Å². The number of halogens is 4. The molecule has 1 aromatic carbocycles. The molecular weight excluding hydrogens is 332 g/mol. The molecule has 0 bridgehead atoms. The summed E-state index contributed by atoms with van der Waals surface area (Å²) >= 11 is 25.5. The van der Waals surface area contributed by atoms with E-state index in [9.17, 15) is 0 Å². The van der Waals surface area contributed by atoms with E-state index in [4.69, 9.17) is 52.1 Å². The lowest BCUT2D eigenvalue weighted by Crippen LogP contribution is -2.13. The fraction of sp³-hybridized carbons (Fsp3) is 0.167. The van der Waals surface area contributed by atoms with Crippen LogP contribution in [0.3, 0.4) is 0 Å². The Balaban J connectivity index is 2.26. The van der Waals surface area contributed by atoms with Crippen LogP contribution in [0.2, 0.25) is 18.7 Å². The van der Waals surface area contributed by atoms with E-state index in [-0.39, 0.29) is 6.04 Å². The number of thiophene rings is 1. The summed E-state index contributed by atoms with van der Waals surface area (Å²) in [6.07, 6.45) is 0.519. The van der Waals surface area contributed by atoms with Crippen molar-refractivity contribution in [1.82, 2.24) is 0 Å². The van der Waals surface area contributed by atoms with Gasteiger partial charge in [0.25, 0.3) is 0 Å². The van der Waals surface area contributed by atoms with Crippen molar-refractivity contribution in [3.05, 3.63) is 54.1 Å². The predicted molar refractivity (Wildman–Crippen MR) is 81.4 cm³/mol. The van der Waals surface area contributed by atoms with Crippen LogP contribution in [-0.4, -0.2) is 0 Å². The Kier molecular flexibility index (Phi) is 4.81. The first kappa shape index (κ1) is 14.4. The van der Waals surface area contributed by atoms with Crippen molar-refractivity contribution in [2.75, 3.05) is 0 Å². The van der Waals surface area contributed by atoms with Gasteiger partial charge in [0.15, 0.2) is 0 Å². The van der Waals surface area contributed by atoms with Crippen LogP contribution in [0.4, 0.5) is 0 Å². The highest BCUT2D eigenvalue weighted by Gasteiger charge is 2.17. The second-order valence-electron chi connectivity index (χ2n) is 3.79. The second kappa shape index (κ2) is 6.00. The quantitative estimate of drug-likeness (QED) is 0.772. The molecule has 0 aliphatic rings. The van der Waals surface area contributed by atoms with Crippen molar-refractivity contribution >= 4 is 57.7 Å². The second-order valence-corrected chi connectivity index (χ2v) is 6.89. The zero-order chi connectivity index (χ0) is 13.3. The summed E-state index contributed by atoms with van der Waals surface area (Å²) in [5, 5.41) is 1.21. The minimum atomic E-state index is -0.279. The number of rotatable bonds is 3. The first-order valence-corrected chi connectivity index (χ1v) is 7.45. The summed E-state index contributed by atoms with van der Waals surface area (Å²) in [5.74, 6) is 0. The van der Waals surface area contributed by atoms with E-state index in [1.807, 2.05) is 0 Å². The molecule has 0 saturated carbocycles. The topological polar surface area (TPSA) is 26.0 Å². The average molecular weight is 341 g/mol. The van der Waals surface area contributed by atoms with Crippen molar-refractivity contribution in [2.24, 2.45) is 5.73 Å². The molecule has 0 radical (unpaired) electrons. The normalized spacial score (nSPS) is 12.7. The van der Waals surface area contributed by atoms with Gasteiger partial charge in [-0.15, -0.1) is 11.3 Å². The zero-order valence-electron chi connectivity index (χ0n) is 9.09.